The minimum absolute atomic E-state index is 0.819. The van der Waals surface area contributed by atoms with Gasteiger partial charge in [-0.15, -0.1) is 6.58 Å². The molecule has 1 heterocycles. The largest absolute Gasteiger partial charge is 0.354 e. The molecule has 0 atom stereocenters. The van der Waals surface area contributed by atoms with E-state index in [2.05, 4.69) is 63.5 Å². The number of imidazole rings is 1. The van der Waals surface area contributed by atoms with Gasteiger partial charge in [-0.1, -0.05) is 18.2 Å². The van der Waals surface area contributed by atoms with E-state index in [0.29, 0.717) is 0 Å². The summed E-state index contributed by atoms with van der Waals surface area (Å²) in [5.41, 5.74) is 2.23. The zero-order valence-corrected chi connectivity index (χ0v) is 14.4. The number of allylic oxidation sites excluding steroid dienone is 1. The third-order valence-corrected chi connectivity index (χ3v) is 3.94. The molecule has 5 nitrogen and oxygen atoms in total. The maximum absolute atomic E-state index is 4.60. The van der Waals surface area contributed by atoms with Gasteiger partial charge in [-0.2, -0.15) is 0 Å². The van der Waals surface area contributed by atoms with Crippen LogP contribution in [0.5, 0.6) is 0 Å². The first-order valence-corrected chi connectivity index (χ1v) is 8.12. The van der Waals surface area contributed by atoms with Gasteiger partial charge < -0.3 is 14.8 Å². The normalized spacial score (nSPS) is 11.7. The van der Waals surface area contributed by atoms with Crippen LogP contribution in [0.15, 0.2) is 41.9 Å². The van der Waals surface area contributed by atoms with E-state index in [1.807, 2.05) is 19.2 Å². The van der Waals surface area contributed by atoms with Crippen molar-refractivity contribution in [3.05, 3.63) is 42.7 Å². The monoisotopic (exact) mass is 313 g/mol. The Labute approximate surface area is 138 Å². The summed E-state index contributed by atoms with van der Waals surface area (Å²) >= 11 is 0. The fraction of sp³-hybridized carbons (Fsp3) is 0.444. The second kappa shape index (κ2) is 8.36. The van der Waals surface area contributed by atoms with Crippen molar-refractivity contribution in [2.45, 2.75) is 26.3 Å². The highest BCUT2D eigenvalue weighted by molar-refractivity contribution is 5.79. The second-order valence-electron chi connectivity index (χ2n) is 5.63. The summed E-state index contributed by atoms with van der Waals surface area (Å²) in [5.74, 6) is 1.97. The first kappa shape index (κ1) is 17.1. The third kappa shape index (κ3) is 4.34. The molecule has 1 aromatic carbocycles. The number of guanidine groups is 1. The van der Waals surface area contributed by atoms with Crippen molar-refractivity contribution < 1.29 is 0 Å². The van der Waals surface area contributed by atoms with Crippen molar-refractivity contribution in [3.8, 4) is 0 Å². The van der Waals surface area contributed by atoms with Gasteiger partial charge in [-0.3, -0.25) is 4.99 Å². The van der Waals surface area contributed by atoms with Crippen molar-refractivity contribution in [2.24, 2.45) is 4.99 Å². The Morgan fingerprint density at radius 2 is 2.22 bits per heavy atom. The Balaban J connectivity index is 1.92. The predicted molar refractivity (Wildman–Crippen MR) is 97.9 cm³/mol. The number of rotatable bonds is 7. The van der Waals surface area contributed by atoms with Crippen LogP contribution in [0.4, 0.5) is 0 Å². The number of para-hydroxylation sites is 2. The molecule has 0 fully saturated rings. The van der Waals surface area contributed by atoms with Gasteiger partial charge in [0.15, 0.2) is 5.96 Å². The molecule has 0 bridgehead atoms. The Bertz CT molecular complexity index is 671. The van der Waals surface area contributed by atoms with E-state index >= 15 is 0 Å². The molecule has 0 saturated carbocycles. The van der Waals surface area contributed by atoms with Crippen molar-refractivity contribution >= 4 is 17.0 Å². The molecular formula is C18H27N5. The number of hydrogen-bond donors (Lipinski definition) is 1. The van der Waals surface area contributed by atoms with Gasteiger partial charge in [0.25, 0.3) is 0 Å². The minimum Gasteiger partial charge on any atom is -0.354 e. The summed E-state index contributed by atoms with van der Waals surface area (Å²) < 4.78 is 2.24. The molecule has 1 aromatic heterocycles. The van der Waals surface area contributed by atoms with Gasteiger partial charge in [-0.05, 0) is 31.9 Å². The number of hydrogen-bond acceptors (Lipinski definition) is 2. The van der Waals surface area contributed by atoms with E-state index in [1.54, 1.807) is 0 Å². The Hall–Kier alpha value is -2.30. The number of aryl methyl sites for hydroxylation is 1. The minimum atomic E-state index is 0.819. The number of benzene rings is 1. The van der Waals surface area contributed by atoms with Crippen LogP contribution in [0.1, 0.15) is 18.7 Å². The SMILES string of the molecule is C=CCCCN(C)C(=NC)NCCn1c(C)nc2ccccc21. The summed E-state index contributed by atoms with van der Waals surface area (Å²) in [5, 5.41) is 3.43. The highest BCUT2D eigenvalue weighted by atomic mass is 15.3. The van der Waals surface area contributed by atoms with Crippen molar-refractivity contribution in [3.63, 3.8) is 0 Å². The lowest BCUT2D eigenvalue weighted by Crippen LogP contribution is -2.40. The highest BCUT2D eigenvalue weighted by Crippen LogP contribution is 2.14. The molecule has 0 radical (unpaired) electrons. The van der Waals surface area contributed by atoms with Crippen LogP contribution < -0.4 is 5.32 Å². The average molecular weight is 313 g/mol. The van der Waals surface area contributed by atoms with E-state index in [4.69, 9.17) is 0 Å². The van der Waals surface area contributed by atoms with Crippen LogP contribution in [0.25, 0.3) is 11.0 Å². The van der Waals surface area contributed by atoms with Crippen molar-refractivity contribution in [1.82, 2.24) is 19.8 Å². The van der Waals surface area contributed by atoms with E-state index < -0.39 is 0 Å². The Kier molecular flexibility index (Phi) is 6.20. The molecule has 0 spiro atoms. The fourth-order valence-corrected chi connectivity index (χ4v) is 2.72. The first-order chi connectivity index (χ1) is 11.2. The molecule has 5 heteroatoms. The summed E-state index contributed by atoms with van der Waals surface area (Å²) in [6.45, 7) is 8.47. The van der Waals surface area contributed by atoms with Crippen LogP contribution >= 0.6 is 0 Å². The van der Waals surface area contributed by atoms with Crippen LogP contribution in [-0.2, 0) is 6.54 Å². The summed E-state index contributed by atoms with van der Waals surface area (Å²) in [7, 11) is 3.89. The maximum atomic E-state index is 4.60. The van der Waals surface area contributed by atoms with Crippen LogP contribution in [0, 0.1) is 6.92 Å². The predicted octanol–water partition coefficient (Wildman–Crippen LogP) is 2.82. The number of aromatic nitrogens is 2. The van der Waals surface area contributed by atoms with E-state index in [1.165, 1.54) is 5.52 Å². The number of nitrogens with zero attached hydrogens (tertiary/aromatic N) is 4. The lowest BCUT2D eigenvalue weighted by molar-refractivity contribution is 0.467. The van der Waals surface area contributed by atoms with Crippen LogP contribution in [0.3, 0.4) is 0 Å². The van der Waals surface area contributed by atoms with Gasteiger partial charge in [0.2, 0.25) is 0 Å². The summed E-state index contributed by atoms with van der Waals surface area (Å²) in [6.07, 6.45) is 4.07. The molecule has 1 N–H and O–H groups in total. The number of aliphatic imine (C=N–C) groups is 1. The van der Waals surface area contributed by atoms with E-state index in [-0.39, 0.29) is 0 Å². The Morgan fingerprint density at radius 3 is 2.96 bits per heavy atom. The maximum Gasteiger partial charge on any atom is 0.193 e. The van der Waals surface area contributed by atoms with Crippen molar-refractivity contribution in [1.29, 1.82) is 0 Å². The molecule has 0 saturated heterocycles. The highest BCUT2D eigenvalue weighted by Gasteiger charge is 2.08. The quantitative estimate of drug-likeness (QED) is 0.370. The molecule has 0 aliphatic heterocycles. The van der Waals surface area contributed by atoms with Crippen LogP contribution in [0.2, 0.25) is 0 Å². The molecular weight excluding hydrogens is 286 g/mol. The van der Waals surface area contributed by atoms with Gasteiger partial charge in [-0.25, -0.2) is 4.98 Å². The topological polar surface area (TPSA) is 45.5 Å². The lowest BCUT2D eigenvalue weighted by atomic mass is 10.3. The standard InChI is InChI=1S/C18H27N5/c1-5-6-9-13-22(4)18(19-3)20-12-14-23-15(2)21-16-10-7-8-11-17(16)23/h5,7-8,10-11H,1,6,9,12-14H2,2-4H3,(H,19,20). The van der Waals surface area contributed by atoms with Gasteiger partial charge in [0.1, 0.15) is 5.82 Å². The van der Waals surface area contributed by atoms with Gasteiger partial charge in [0, 0.05) is 33.7 Å². The fourth-order valence-electron chi connectivity index (χ4n) is 2.72. The van der Waals surface area contributed by atoms with Gasteiger partial charge in [0.05, 0.1) is 11.0 Å². The average Bonchev–Trinajstić information content (AvgIpc) is 2.87. The second-order valence-corrected chi connectivity index (χ2v) is 5.63. The van der Waals surface area contributed by atoms with E-state index in [0.717, 1.165) is 49.8 Å². The molecule has 2 rings (SSSR count). The smallest absolute Gasteiger partial charge is 0.193 e. The zero-order valence-electron chi connectivity index (χ0n) is 14.4. The first-order valence-electron chi connectivity index (χ1n) is 8.12. The van der Waals surface area contributed by atoms with Crippen molar-refractivity contribution in [2.75, 3.05) is 27.2 Å². The molecule has 0 unspecified atom stereocenters. The zero-order chi connectivity index (χ0) is 16.7. The number of unbranched alkanes of at least 4 members (excludes halogenated alkanes) is 1. The number of nitrogens with one attached hydrogen (secondary N) is 1. The summed E-state index contributed by atoms with van der Waals surface area (Å²) in [4.78, 5) is 11.1. The third-order valence-electron chi connectivity index (χ3n) is 3.94. The Morgan fingerprint density at radius 1 is 1.43 bits per heavy atom. The summed E-state index contributed by atoms with van der Waals surface area (Å²) in [6, 6.07) is 8.25. The van der Waals surface area contributed by atoms with E-state index in [9.17, 15) is 0 Å². The lowest BCUT2D eigenvalue weighted by Gasteiger charge is -2.22. The van der Waals surface area contributed by atoms with Gasteiger partial charge >= 0.3 is 0 Å². The molecule has 2 aromatic rings. The van der Waals surface area contributed by atoms with Crippen LogP contribution in [-0.4, -0.2) is 47.6 Å². The molecule has 0 aliphatic carbocycles. The molecule has 0 aliphatic rings. The number of fused-ring (bicyclic) bond motifs is 1. The molecule has 23 heavy (non-hydrogen) atoms. The molecule has 124 valence electrons. The molecule has 0 amide bonds.